The van der Waals surface area contributed by atoms with Crippen LogP contribution in [0.2, 0.25) is 0 Å². The van der Waals surface area contributed by atoms with Crippen LogP contribution in [0.15, 0.2) is 0 Å². The minimum absolute atomic E-state index is 0.468. The lowest BCUT2D eigenvalue weighted by Gasteiger charge is -2.36. The van der Waals surface area contributed by atoms with Gasteiger partial charge in [-0.3, -0.25) is 4.90 Å². The first-order chi connectivity index (χ1) is 8.95. The zero-order valence-corrected chi connectivity index (χ0v) is 13.7. The molecule has 0 aromatic heterocycles. The number of nitrogens with zero attached hydrogens (tertiary/aromatic N) is 1. The van der Waals surface area contributed by atoms with Gasteiger partial charge in [0.2, 0.25) is 0 Å². The lowest BCUT2D eigenvalue weighted by Crippen LogP contribution is -2.51. The van der Waals surface area contributed by atoms with Crippen molar-refractivity contribution in [2.24, 2.45) is 17.3 Å². The molecule has 1 heterocycles. The van der Waals surface area contributed by atoms with E-state index in [4.69, 9.17) is 0 Å². The highest BCUT2D eigenvalue weighted by Crippen LogP contribution is 2.41. The van der Waals surface area contributed by atoms with Gasteiger partial charge in [0.1, 0.15) is 0 Å². The molecule has 3 unspecified atom stereocenters. The fraction of sp³-hybridized carbons (Fsp3) is 1.00. The van der Waals surface area contributed by atoms with E-state index in [1.807, 2.05) is 0 Å². The molecule has 0 aromatic carbocycles. The molecule has 0 radical (unpaired) electrons. The summed E-state index contributed by atoms with van der Waals surface area (Å²) in [6, 6.07) is 1.48. The Hall–Kier alpha value is -0.0800. The zero-order valence-electron chi connectivity index (χ0n) is 13.7. The van der Waals surface area contributed by atoms with Gasteiger partial charge in [-0.2, -0.15) is 0 Å². The fourth-order valence-corrected chi connectivity index (χ4v) is 4.13. The quantitative estimate of drug-likeness (QED) is 0.819. The standard InChI is InChI=1S/C17H34N2/c1-6-10-18-16-15(7-9-17(16,4)5)19-11-8-14(12-19)13(2)3/h13-16,18H,6-12H2,1-5H3. The van der Waals surface area contributed by atoms with E-state index in [0.717, 1.165) is 17.9 Å². The molecule has 1 saturated heterocycles. The van der Waals surface area contributed by atoms with Crippen molar-refractivity contribution in [1.29, 1.82) is 0 Å². The third-order valence-electron chi connectivity index (χ3n) is 5.59. The average molecular weight is 266 g/mol. The molecular weight excluding hydrogens is 232 g/mol. The van der Waals surface area contributed by atoms with Gasteiger partial charge in [0.15, 0.2) is 0 Å². The van der Waals surface area contributed by atoms with Crippen LogP contribution < -0.4 is 5.32 Å². The van der Waals surface area contributed by atoms with Gasteiger partial charge in [-0.15, -0.1) is 0 Å². The topological polar surface area (TPSA) is 15.3 Å². The minimum Gasteiger partial charge on any atom is -0.312 e. The molecule has 3 atom stereocenters. The molecule has 19 heavy (non-hydrogen) atoms. The monoisotopic (exact) mass is 266 g/mol. The molecule has 1 saturated carbocycles. The third-order valence-corrected chi connectivity index (χ3v) is 5.59. The highest BCUT2D eigenvalue weighted by molar-refractivity contribution is 5.02. The van der Waals surface area contributed by atoms with Crippen molar-refractivity contribution in [2.75, 3.05) is 19.6 Å². The number of hydrogen-bond donors (Lipinski definition) is 1. The van der Waals surface area contributed by atoms with Gasteiger partial charge < -0.3 is 5.32 Å². The van der Waals surface area contributed by atoms with Crippen LogP contribution in [0.1, 0.15) is 60.3 Å². The van der Waals surface area contributed by atoms with Crippen LogP contribution in [0.5, 0.6) is 0 Å². The first-order valence-corrected chi connectivity index (χ1v) is 8.43. The first-order valence-electron chi connectivity index (χ1n) is 8.43. The van der Waals surface area contributed by atoms with Gasteiger partial charge in [-0.05, 0) is 56.0 Å². The van der Waals surface area contributed by atoms with Crippen LogP contribution in [0, 0.1) is 17.3 Å². The second-order valence-electron chi connectivity index (χ2n) is 7.81. The average Bonchev–Trinajstić information content (AvgIpc) is 2.91. The van der Waals surface area contributed by atoms with Crippen LogP contribution in [-0.4, -0.2) is 36.6 Å². The Morgan fingerprint density at radius 3 is 2.58 bits per heavy atom. The summed E-state index contributed by atoms with van der Waals surface area (Å²) < 4.78 is 0. The van der Waals surface area contributed by atoms with Crippen molar-refractivity contribution in [1.82, 2.24) is 10.2 Å². The zero-order chi connectivity index (χ0) is 14.0. The van der Waals surface area contributed by atoms with Crippen molar-refractivity contribution in [3.8, 4) is 0 Å². The van der Waals surface area contributed by atoms with Crippen LogP contribution in [0.4, 0.5) is 0 Å². The van der Waals surface area contributed by atoms with E-state index in [2.05, 4.69) is 44.8 Å². The Morgan fingerprint density at radius 2 is 2.00 bits per heavy atom. The molecule has 0 bridgehead atoms. The SMILES string of the molecule is CCCNC1C(N2CCC(C(C)C)C2)CCC1(C)C. The summed E-state index contributed by atoms with van der Waals surface area (Å²) in [5.41, 5.74) is 0.468. The van der Waals surface area contributed by atoms with Crippen molar-refractivity contribution < 1.29 is 0 Å². The van der Waals surface area contributed by atoms with E-state index in [1.165, 1.54) is 45.3 Å². The summed E-state index contributed by atoms with van der Waals surface area (Å²) in [7, 11) is 0. The van der Waals surface area contributed by atoms with Gasteiger partial charge in [-0.25, -0.2) is 0 Å². The van der Waals surface area contributed by atoms with E-state index in [9.17, 15) is 0 Å². The molecular formula is C17H34N2. The molecule has 0 amide bonds. The van der Waals surface area contributed by atoms with Crippen LogP contribution in [0.3, 0.4) is 0 Å². The molecule has 1 aliphatic heterocycles. The second kappa shape index (κ2) is 6.13. The minimum atomic E-state index is 0.468. The number of rotatable bonds is 5. The van der Waals surface area contributed by atoms with Crippen LogP contribution in [0.25, 0.3) is 0 Å². The summed E-state index contributed by atoms with van der Waals surface area (Å²) in [5, 5.41) is 3.85. The third kappa shape index (κ3) is 3.33. The fourth-order valence-electron chi connectivity index (χ4n) is 4.13. The lowest BCUT2D eigenvalue weighted by molar-refractivity contribution is 0.162. The second-order valence-corrected chi connectivity index (χ2v) is 7.81. The lowest BCUT2D eigenvalue weighted by atomic mass is 9.86. The normalized spacial score (nSPS) is 35.4. The van der Waals surface area contributed by atoms with Gasteiger partial charge in [-0.1, -0.05) is 34.6 Å². The molecule has 1 aliphatic carbocycles. The first kappa shape index (κ1) is 15.3. The Kier molecular flexibility index (Phi) is 4.94. The Bertz CT molecular complexity index is 285. The summed E-state index contributed by atoms with van der Waals surface area (Å²) in [4.78, 5) is 2.80. The van der Waals surface area contributed by atoms with Gasteiger partial charge in [0.25, 0.3) is 0 Å². The molecule has 2 aliphatic rings. The highest BCUT2D eigenvalue weighted by atomic mass is 15.2. The van der Waals surface area contributed by atoms with Crippen molar-refractivity contribution >= 4 is 0 Å². The van der Waals surface area contributed by atoms with Crippen molar-refractivity contribution in [3.05, 3.63) is 0 Å². The van der Waals surface area contributed by atoms with Crippen LogP contribution in [-0.2, 0) is 0 Å². The van der Waals surface area contributed by atoms with Gasteiger partial charge >= 0.3 is 0 Å². The maximum absolute atomic E-state index is 3.85. The molecule has 2 nitrogen and oxygen atoms in total. The largest absolute Gasteiger partial charge is 0.312 e. The number of hydrogen-bond acceptors (Lipinski definition) is 2. The molecule has 0 aromatic rings. The van der Waals surface area contributed by atoms with E-state index < -0.39 is 0 Å². The summed E-state index contributed by atoms with van der Waals surface area (Å²) in [5.74, 6) is 1.78. The Labute approximate surface area is 120 Å². The number of nitrogens with one attached hydrogen (secondary N) is 1. The smallest absolute Gasteiger partial charge is 0.0274 e. The van der Waals surface area contributed by atoms with E-state index in [-0.39, 0.29) is 0 Å². The van der Waals surface area contributed by atoms with Crippen LogP contribution >= 0.6 is 0 Å². The predicted octanol–water partition coefficient (Wildman–Crippen LogP) is 3.52. The number of likely N-dealkylation sites (tertiary alicyclic amines) is 1. The summed E-state index contributed by atoms with van der Waals surface area (Å²) >= 11 is 0. The molecule has 2 rings (SSSR count). The van der Waals surface area contributed by atoms with Gasteiger partial charge in [0, 0.05) is 18.6 Å². The predicted molar refractivity (Wildman–Crippen MR) is 83.4 cm³/mol. The molecule has 2 heteroatoms. The molecule has 0 spiro atoms. The van der Waals surface area contributed by atoms with E-state index in [0.29, 0.717) is 11.5 Å². The Balaban J connectivity index is 1.99. The maximum atomic E-state index is 3.85. The molecule has 112 valence electrons. The van der Waals surface area contributed by atoms with Crippen molar-refractivity contribution in [3.63, 3.8) is 0 Å². The van der Waals surface area contributed by atoms with E-state index >= 15 is 0 Å². The van der Waals surface area contributed by atoms with Crippen molar-refractivity contribution in [2.45, 2.75) is 72.4 Å². The maximum Gasteiger partial charge on any atom is 0.0274 e. The molecule has 2 fully saturated rings. The van der Waals surface area contributed by atoms with Gasteiger partial charge in [0.05, 0.1) is 0 Å². The summed E-state index contributed by atoms with van der Waals surface area (Å²) in [6.07, 6.45) is 5.42. The molecule has 1 N–H and O–H groups in total. The highest BCUT2D eigenvalue weighted by Gasteiger charge is 2.45. The van der Waals surface area contributed by atoms with E-state index in [1.54, 1.807) is 0 Å². The summed E-state index contributed by atoms with van der Waals surface area (Å²) in [6.45, 7) is 15.8. The Morgan fingerprint density at radius 1 is 1.26 bits per heavy atom.